The number of fused-ring (bicyclic) bond motifs is 1. The van der Waals surface area contributed by atoms with Gasteiger partial charge in [0.15, 0.2) is 0 Å². The predicted octanol–water partition coefficient (Wildman–Crippen LogP) is 1.73. The summed E-state index contributed by atoms with van der Waals surface area (Å²) in [5.41, 5.74) is 1.98. The zero-order valence-electron chi connectivity index (χ0n) is 12.9. The van der Waals surface area contributed by atoms with E-state index in [1.54, 1.807) is 10.9 Å². The zero-order valence-corrected chi connectivity index (χ0v) is 12.9. The Kier molecular flexibility index (Phi) is 3.68. The van der Waals surface area contributed by atoms with Crippen LogP contribution >= 0.6 is 0 Å². The van der Waals surface area contributed by atoms with Gasteiger partial charge in [0.2, 0.25) is 0 Å². The van der Waals surface area contributed by atoms with Gasteiger partial charge >= 0.3 is 0 Å². The molecule has 0 aliphatic carbocycles. The van der Waals surface area contributed by atoms with Crippen LogP contribution in [0.2, 0.25) is 0 Å². The van der Waals surface area contributed by atoms with Crippen LogP contribution in [0, 0.1) is 0 Å². The van der Waals surface area contributed by atoms with Crippen LogP contribution < -0.4 is 10.5 Å². The van der Waals surface area contributed by atoms with Crippen molar-refractivity contribution in [2.75, 3.05) is 38.1 Å². The van der Waals surface area contributed by atoms with Gasteiger partial charge in [0.25, 0.3) is 5.56 Å². The van der Waals surface area contributed by atoms with Crippen molar-refractivity contribution >= 4 is 16.6 Å². The molecule has 1 saturated heterocycles. The fourth-order valence-corrected chi connectivity index (χ4v) is 2.75. The van der Waals surface area contributed by atoms with Crippen LogP contribution in [0.4, 0.5) is 5.69 Å². The predicted molar refractivity (Wildman–Crippen MR) is 86.1 cm³/mol. The average Bonchev–Trinajstić information content (AvgIpc) is 2.47. The minimum atomic E-state index is 0.0416. The molecule has 5 nitrogen and oxygen atoms in total. The van der Waals surface area contributed by atoms with E-state index in [-0.39, 0.29) is 11.6 Å². The van der Waals surface area contributed by atoms with Crippen molar-refractivity contribution in [1.82, 2.24) is 14.5 Å². The molecule has 2 aromatic rings. The van der Waals surface area contributed by atoms with Crippen LogP contribution in [0.5, 0.6) is 0 Å². The monoisotopic (exact) mass is 286 g/mol. The molecule has 5 heteroatoms. The van der Waals surface area contributed by atoms with Crippen molar-refractivity contribution in [3.63, 3.8) is 0 Å². The second kappa shape index (κ2) is 5.48. The van der Waals surface area contributed by atoms with Gasteiger partial charge in [-0.25, -0.2) is 4.98 Å². The number of hydrogen-bond donors (Lipinski definition) is 0. The lowest BCUT2D eigenvalue weighted by atomic mass is 10.2. The largest absolute Gasteiger partial charge is 0.369 e. The van der Waals surface area contributed by atoms with Crippen molar-refractivity contribution in [3.8, 4) is 0 Å². The van der Waals surface area contributed by atoms with E-state index in [2.05, 4.69) is 21.8 Å². The number of benzene rings is 1. The van der Waals surface area contributed by atoms with Gasteiger partial charge in [0.05, 0.1) is 17.2 Å². The Balaban J connectivity index is 1.98. The molecule has 0 unspecified atom stereocenters. The molecule has 0 radical (unpaired) electrons. The maximum atomic E-state index is 12.4. The Morgan fingerprint density at radius 1 is 1.14 bits per heavy atom. The van der Waals surface area contributed by atoms with Gasteiger partial charge in [0.1, 0.15) is 0 Å². The fourth-order valence-electron chi connectivity index (χ4n) is 2.75. The van der Waals surface area contributed by atoms with Gasteiger partial charge in [0, 0.05) is 37.9 Å². The van der Waals surface area contributed by atoms with Crippen LogP contribution in [-0.2, 0) is 0 Å². The third-order valence-electron chi connectivity index (χ3n) is 4.19. The smallest absolute Gasteiger partial charge is 0.261 e. The molecule has 112 valence electrons. The first kappa shape index (κ1) is 14.1. The van der Waals surface area contributed by atoms with E-state index in [1.807, 2.05) is 32.0 Å². The lowest BCUT2D eigenvalue weighted by Gasteiger charge is -2.34. The lowest BCUT2D eigenvalue weighted by Crippen LogP contribution is -2.44. The molecule has 3 rings (SSSR count). The molecule has 1 aliphatic heterocycles. The van der Waals surface area contributed by atoms with E-state index < -0.39 is 0 Å². The molecule has 0 amide bonds. The van der Waals surface area contributed by atoms with Crippen molar-refractivity contribution in [1.29, 1.82) is 0 Å². The summed E-state index contributed by atoms with van der Waals surface area (Å²) in [6.07, 6.45) is 1.66. The van der Waals surface area contributed by atoms with Crippen LogP contribution in [0.1, 0.15) is 19.9 Å². The van der Waals surface area contributed by atoms with Crippen LogP contribution in [-0.4, -0.2) is 47.7 Å². The highest BCUT2D eigenvalue weighted by Crippen LogP contribution is 2.20. The summed E-state index contributed by atoms with van der Waals surface area (Å²) in [6.45, 7) is 8.16. The molecule has 1 aromatic carbocycles. The van der Waals surface area contributed by atoms with Crippen molar-refractivity contribution in [2.45, 2.75) is 19.9 Å². The SMILES string of the molecule is CC(C)n1cnc2cc(N3CCN(C)CC3)ccc2c1=O. The molecule has 1 fully saturated rings. The molecule has 0 atom stereocenters. The molecule has 0 bridgehead atoms. The number of aromatic nitrogens is 2. The number of rotatable bonds is 2. The minimum absolute atomic E-state index is 0.0416. The molecule has 0 N–H and O–H groups in total. The Hall–Kier alpha value is -1.88. The molecule has 0 saturated carbocycles. The quantitative estimate of drug-likeness (QED) is 0.843. The fraction of sp³-hybridized carbons (Fsp3) is 0.500. The normalized spacial score (nSPS) is 16.9. The Morgan fingerprint density at radius 3 is 2.52 bits per heavy atom. The van der Waals surface area contributed by atoms with Crippen LogP contribution in [0.15, 0.2) is 29.3 Å². The highest BCUT2D eigenvalue weighted by molar-refractivity contribution is 5.81. The van der Waals surface area contributed by atoms with E-state index in [1.165, 1.54) is 0 Å². The summed E-state index contributed by atoms with van der Waals surface area (Å²) >= 11 is 0. The maximum absolute atomic E-state index is 12.4. The number of hydrogen-bond acceptors (Lipinski definition) is 4. The summed E-state index contributed by atoms with van der Waals surface area (Å²) in [6, 6.07) is 6.12. The molecule has 1 aliphatic rings. The third kappa shape index (κ3) is 2.65. The zero-order chi connectivity index (χ0) is 15.0. The number of nitrogens with zero attached hydrogens (tertiary/aromatic N) is 4. The van der Waals surface area contributed by atoms with Gasteiger partial charge < -0.3 is 9.80 Å². The Morgan fingerprint density at radius 2 is 1.86 bits per heavy atom. The third-order valence-corrected chi connectivity index (χ3v) is 4.19. The van der Waals surface area contributed by atoms with Gasteiger partial charge in [-0.05, 0) is 39.1 Å². The van der Waals surface area contributed by atoms with Gasteiger partial charge in [-0.2, -0.15) is 0 Å². The molecule has 1 aromatic heterocycles. The second-order valence-electron chi connectivity index (χ2n) is 6.04. The highest BCUT2D eigenvalue weighted by atomic mass is 16.1. The molecular weight excluding hydrogens is 264 g/mol. The number of likely N-dealkylation sites (N-methyl/N-ethyl adjacent to an activating group) is 1. The van der Waals surface area contributed by atoms with E-state index in [9.17, 15) is 4.79 Å². The van der Waals surface area contributed by atoms with E-state index in [4.69, 9.17) is 0 Å². The van der Waals surface area contributed by atoms with E-state index in [0.29, 0.717) is 5.39 Å². The summed E-state index contributed by atoms with van der Waals surface area (Å²) in [5, 5.41) is 0.698. The van der Waals surface area contributed by atoms with Gasteiger partial charge in [-0.3, -0.25) is 9.36 Å². The Bertz CT molecular complexity index is 699. The standard InChI is InChI=1S/C16H22N4O/c1-12(2)20-11-17-15-10-13(4-5-14(15)16(20)21)19-8-6-18(3)7-9-19/h4-5,10-12H,6-9H2,1-3H3. The van der Waals surface area contributed by atoms with E-state index >= 15 is 0 Å². The molecular formula is C16H22N4O. The topological polar surface area (TPSA) is 41.4 Å². The van der Waals surface area contributed by atoms with Crippen molar-refractivity contribution < 1.29 is 0 Å². The summed E-state index contributed by atoms with van der Waals surface area (Å²) < 4.78 is 1.68. The lowest BCUT2D eigenvalue weighted by molar-refractivity contribution is 0.313. The first-order valence-electron chi connectivity index (χ1n) is 7.50. The average molecular weight is 286 g/mol. The molecule has 0 spiro atoms. The second-order valence-corrected chi connectivity index (χ2v) is 6.04. The highest BCUT2D eigenvalue weighted by Gasteiger charge is 2.15. The van der Waals surface area contributed by atoms with Gasteiger partial charge in [-0.1, -0.05) is 0 Å². The molecule has 2 heterocycles. The first-order chi connectivity index (χ1) is 10.1. The van der Waals surface area contributed by atoms with Crippen LogP contribution in [0.25, 0.3) is 10.9 Å². The summed E-state index contributed by atoms with van der Waals surface area (Å²) in [7, 11) is 2.15. The van der Waals surface area contributed by atoms with Crippen LogP contribution in [0.3, 0.4) is 0 Å². The minimum Gasteiger partial charge on any atom is -0.369 e. The summed E-state index contributed by atoms with van der Waals surface area (Å²) in [5.74, 6) is 0. The van der Waals surface area contributed by atoms with E-state index in [0.717, 1.165) is 37.4 Å². The number of piperazine rings is 1. The van der Waals surface area contributed by atoms with Gasteiger partial charge in [-0.15, -0.1) is 0 Å². The number of anilines is 1. The first-order valence-corrected chi connectivity index (χ1v) is 7.50. The summed E-state index contributed by atoms with van der Waals surface area (Å²) in [4.78, 5) is 21.5. The van der Waals surface area contributed by atoms with Crippen molar-refractivity contribution in [2.24, 2.45) is 0 Å². The molecule has 21 heavy (non-hydrogen) atoms. The Labute approximate surface area is 124 Å². The maximum Gasteiger partial charge on any atom is 0.261 e. The van der Waals surface area contributed by atoms with Crippen molar-refractivity contribution in [3.05, 3.63) is 34.9 Å².